The number of carbonyl (C=O) groups is 1. The molecule has 0 atom stereocenters. The Bertz CT molecular complexity index is 411. The van der Waals surface area contributed by atoms with E-state index in [0.717, 1.165) is 11.3 Å². The number of nitrogens with one attached hydrogen (secondary N) is 1. The van der Waals surface area contributed by atoms with Crippen LogP contribution >= 0.6 is 0 Å². The third kappa shape index (κ3) is 3.18. The van der Waals surface area contributed by atoms with Crippen LogP contribution in [-0.4, -0.2) is 22.5 Å². The summed E-state index contributed by atoms with van der Waals surface area (Å²) in [5.41, 5.74) is 2.00. The van der Waals surface area contributed by atoms with E-state index >= 15 is 0 Å². The lowest BCUT2D eigenvalue weighted by atomic mass is 10.1. The molecule has 0 saturated heterocycles. The first-order valence-corrected chi connectivity index (χ1v) is 5.26. The maximum Gasteiger partial charge on any atom is 0.345 e. The Hall–Kier alpha value is -1.65. The number of nitrogens with zero attached hydrogens (tertiary/aromatic N) is 1. The van der Waals surface area contributed by atoms with E-state index in [1.54, 1.807) is 20.8 Å². The molecule has 0 amide bonds. The fraction of sp³-hybridized carbons (Fsp3) is 0.545. The minimum Gasteiger partial charge on any atom is -0.466 e. The van der Waals surface area contributed by atoms with Crippen molar-refractivity contribution in [3.8, 4) is 0 Å². The molecule has 1 aromatic heterocycles. The van der Waals surface area contributed by atoms with Crippen LogP contribution in [0.5, 0.6) is 0 Å². The van der Waals surface area contributed by atoms with Gasteiger partial charge in [-0.3, -0.25) is 4.79 Å². The Morgan fingerprint density at radius 3 is 2.69 bits per heavy atom. The molecule has 0 aliphatic rings. The molecule has 0 radical (unpaired) electrons. The summed E-state index contributed by atoms with van der Waals surface area (Å²) in [5.74, 6) is -0.229. The van der Waals surface area contributed by atoms with Gasteiger partial charge in [0.05, 0.1) is 6.61 Å². The van der Waals surface area contributed by atoms with E-state index in [2.05, 4.69) is 9.97 Å². The molecule has 5 heteroatoms. The number of aromatic nitrogens is 2. The Balaban J connectivity index is 2.74. The van der Waals surface area contributed by atoms with E-state index in [4.69, 9.17) is 4.74 Å². The van der Waals surface area contributed by atoms with Crippen molar-refractivity contribution >= 4 is 5.97 Å². The molecule has 1 rings (SSSR count). The van der Waals surface area contributed by atoms with Crippen molar-refractivity contribution in [3.63, 3.8) is 0 Å². The first kappa shape index (κ1) is 12.4. The first-order valence-electron chi connectivity index (χ1n) is 5.26. The highest BCUT2D eigenvalue weighted by molar-refractivity contribution is 5.69. The predicted octanol–water partition coefficient (Wildman–Crippen LogP) is 0.882. The predicted molar refractivity (Wildman–Crippen MR) is 59.3 cm³/mol. The third-order valence-corrected chi connectivity index (χ3v) is 2.34. The van der Waals surface area contributed by atoms with Gasteiger partial charge in [-0.15, -0.1) is 0 Å². The summed E-state index contributed by atoms with van der Waals surface area (Å²) in [6.45, 7) is 5.73. The third-order valence-electron chi connectivity index (χ3n) is 2.34. The van der Waals surface area contributed by atoms with Gasteiger partial charge in [-0.2, -0.15) is 4.98 Å². The van der Waals surface area contributed by atoms with Crippen LogP contribution < -0.4 is 5.69 Å². The highest BCUT2D eigenvalue weighted by Gasteiger charge is 2.09. The van der Waals surface area contributed by atoms with Crippen LogP contribution in [0.3, 0.4) is 0 Å². The minimum absolute atomic E-state index is 0.229. The van der Waals surface area contributed by atoms with Crippen LogP contribution in [0.1, 0.15) is 30.3 Å². The van der Waals surface area contributed by atoms with Crippen molar-refractivity contribution in [2.75, 3.05) is 6.61 Å². The van der Waals surface area contributed by atoms with Crippen LogP contribution in [0, 0.1) is 13.8 Å². The van der Waals surface area contributed by atoms with E-state index in [9.17, 15) is 9.59 Å². The number of esters is 1. The van der Waals surface area contributed by atoms with Crippen molar-refractivity contribution in [2.45, 2.75) is 33.6 Å². The van der Waals surface area contributed by atoms with Crippen molar-refractivity contribution < 1.29 is 9.53 Å². The van der Waals surface area contributed by atoms with Gasteiger partial charge in [0.1, 0.15) is 0 Å². The van der Waals surface area contributed by atoms with Gasteiger partial charge in [0.25, 0.3) is 0 Å². The molecular weight excluding hydrogens is 208 g/mol. The van der Waals surface area contributed by atoms with Gasteiger partial charge < -0.3 is 9.72 Å². The second kappa shape index (κ2) is 5.44. The number of aryl methyl sites for hydroxylation is 2. The molecule has 1 N–H and O–H groups in total. The van der Waals surface area contributed by atoms with E-state index in [0.29, 0.717) is 25.1 Å². The molecule has 1 aromatic rings. The SMILES string of the molecule is CCOC(=O)CCc1c(C)nc(=O)[nH]c1C. The number of H-pyrrole nitrogens is 1. The molecule has 0 spiro atoms. The highest BCUT2D eigenvalue weighted by atomic mass is 16.5. The molecule has 0 aliphatic carbocycles. The van der Waals surface area contributed by atoms with E-state index in [-0.39, 0.29) is 11.7 Å². The van der Waals surface area contributed by atoms with E-state index in [1.165, 1.54) is 0 Å². The second-order valence-corrected chi connectivity index (χ2v) is 3.54. The molecule has 88 valence electrons. The van der Waals surface area contributed by atoms with Gasteiger partial charge in [-0.05, 0) is 32.8 Å². The number of hydrogen-bond donors (Lipinski definition) is 1. The van der Waals surface area contributed by atoms with E-state index in [1.807, 2.05) is 0 Å². The molecule has 1 heterocycles. The smallest absolute Gasteiger partial charge is 0.345 e. The lowest BCUT2D eigenvalue weighted by Crippen LogP contribution is -2.17. The van der Waals surface area contributed by atoms with Gasteiger partial charge in [-0.25, -0.2) is 4.79 Å². The Morgan fingerprint density at radius 2 is 2.12 bits per heavy atom. The van der Waals surface area contributed by atoms with Gasteiger partial charge in [-0.1, -0.05) is 0 Å². The number of aromatic amines is 1. The van der Waals surface area contributed by atoms with Crippen molar-refractivity contribution in [1.82, 2.24) is 9.97 Å². The monoisotopic (exact) mass is 224 g/mol. The fourth-order valence-electron chi connectivity index (χ4n) is 1.58. The Morgan fingerprint density at radius 1 is 1.44 bits per heavy atom. The molecule has 0 aromatic carbocycles. The number of carbonyl (C=O) groups excluding carboxylic acids is 1. The van der Waals surface area contributed by atoms with Crippen molar-refractivity contribution in [3.05, 3.63) is 27.4 Å². The maximum atomic E-state index is 11.2. The first-order chi connectivity index (χ1) is 7.54. The summed E-state index contributed by atoms with van der Waals surface area (Å²) in [6.07, 6.45) is 0.851. The number of rotatable bonds is 4. The summed E-state index contributed by atoms with van der Waals surface area (Å²) in [5, 5.41) is 0. The molecule has 0 bridgehead atoms. The summed E-state index contributed by atoms with van der Waals surface area (Å²) >= 11 is 0. The number of ether oxygens (including phenoxy) is 1. The molecule has 5 nitrogen and oxygen atoms in total. The van der Waals surface area contributed by atoms with Crippen molar-refractivity contribution in [2.24, 2.45) is 0 Å². The summed E-state index contributed by atoms with van der Waals surface area (Å²) in [7, 11) is 0. The molecule has 0 unspecified atom stereocenters. The van der Waals surface area contributed by atoms with Gasteiger partial charge >= 0.3 is 11.7 Å². The lowest BCUT2D eigenvalue weighted by molar-refractivity contribution is -0.143. The van der Waals surface area contributed by atoms with Crippen LogP contribution in [0.2, 0.25) is 0 Å². The number of hydrogen-bond acceptors (Lipinski definition) is 4. The normalized spacial score (nSPS) is 10.2. The molecule has 16 heavy (non-hydrogen) atoms. The quantitative estimate of drug-likeness (QED) is 0.771. The minimum atomic E-state index is -0.352. The lowest BCUT2D eigenvalue weighted by Gasteiger charge is -2.07. The zero-order valence-corrected chi connectivity index (χ0v) is 9.79. The topological polar surface area (TPSA) is 72.0 Å². The van der Waals surface area contributed by atoms with Crippen LogP contribution in [0.25, 0.3) is 0 Å². The zero-order valence-electron chi connectivity index (χ0n) is 9.79. The standard InChI is InChI=1S/C11H16N2O3/c1-4-16-10(14)6-5-9-7(2)12-11(15)13-8(9)3/h4-6H2,1-3H3,(H,12,13,15). The van der Waals surface area contributed by atoms with Crippen molar-refractivity contribution in [1.29, 1.82) is 0 Å². The van der Waals surface area contributed by atoms with Crippen LogP contribution in [0.15, 0.2) is 4.79 Å². The average Bonchev–Trinajstić information content (AvgIpc) is 2.16. The zero-order chi connectivity index (χ0) is 12.1. The maximum absolute atomic E-state index is 11.2. The summed E-state index contributed by atoms with van der Waals surface area (Å²) in [6, 6.07) is 0. The summed E-state index contributed by atoms with van der Waals surface area (Å²) < 4.78 is 4.84. The second-order valence-electron chi connectivity index (χ2n) is 3.54. The molecule has 0 saturated carbocycles. The summed E-state index contributed by atoms with van der Waals surface area (Å²) in [4.78, 5) is 28.6. The van der Waals surface area contributed by atoms with E-state index < -0.39 is 0 Å². The molecule has 0 aliphatic heterocycles. The molecule has 0 fully saturated rings. The largest absolute Gasteiger partial charge is 0.466 e. The fourth-order valence-corrected chi connectivity index (χ4v) is 1.58. The van der Waals surface area contributed by atoms with Gasteiger partial charge in [0, 0.05) is 17.8 Å². The highest BCUT2D eigenvalue weighted by Crippen LogP contribution is 2.09. The van der Waals surface area contributed by atoms with Crippen LogP contribution in [-0.2, 0) is 16.0 Å². The van der Waals surface area contributed by atoms with Crippen LogP contribution in [0.4, 0.5) is 0 Å². The van der Waals surface area contributed by atoms with Gasteiger partial charge in [0.15, 0.2) is 0 Å². The van der Waals surface area contributed by atoms with Gasteiger partial charge in [0.2, 0.25) is 0 Å². The Kier molecular flexibility index (Phi) is 4.22. The Labute approximate surface area is 93.9 Å². The average molecular weight is 224 g/mol. The molecular formula is C11H16N2O3.